The number of nitrogens with zero attached hydrogens (tertiary/aromatic N) is 1. The number of carboxylic acids is 1. The van der Waals surface area contributed by atoms with Crippen molar-refractivity contribution in [1.82, 2.24) is 4.90 Å². The van der Waals surface area contributed by atoms with E-state index in [-0.39, 0.29) is 12.0 Å². The van der Waals surface area contributed by atoms with Gasteiger partial charge in [0.25, 0.3) is 0 Å². The Morgan fingerprint density at radius 3 is 2.29 bits per heavy atom. The number of amides is 1. The van der Waals surface area contributed by atoms with Crippen LogP contribution in [0.1, 0.15) is 58.4 Å². The van der Waals surface area contributed by atoms with E-state index in [1.807, 2.05) is 18.2 Å². The van der Waals surface area contributed by atoms with Gasteiger partial charge in [-0.25, -0.2) is 9.59 Å². The molecule has 2 rings (SSSR count). The van der Waals surface area contributed by atoms with Crippen LogP contribution in [0.25, 0.3) is 0 Å². The van der Waals surface area contributed by atoms with E-state index in [1.165, 1.54) is 11.9 Å². The molecule has 1 aromatic rings. The van der Waals surface area contributed by atoms with Crippen LogP contribution in [0, 0.1) is 5.92 Å². The Morgan fingerprint density at radius 1 is 1.14 bits per heavy atom. The third kappa shape index (κ3) is 7.15. The van der Waals surface area contributed by atoms with Gasteiger partial charge in [0.05, 0.1) is 12.7 Å². The average molecular weight is 392 g/mol. The van der Waals surface area contributed by atoms with Gasteiger partial charge in [0, 0.05) is 7.05 Å². The number of carbonyl (C=O) groups is 2. The Balaban J connectivity index is 1.81. The third-order valence-corrected chi connectivity index (χ3v) is 5.11. The van der Waals surface area contributed by atoms with E-state index in [1.54, 1.807) is 20.8 Å². The molecule has 156 valence electrons. The first-order valence-corrected chi connectivity index (χ1v) is 10.00. The fourth-order valence-corrected chi connectivity index (χ4v) is 3.52. The number of benzene rings is 1. The molecule has 0 saturated heterocycles. The summed E-state index contributed by atoms with van der Waals surface area (Å²) < 4.78 is 11.3. The molecule has 1 aliphatic carbocycles. The Morgan fingerprint density at radius 2 is 1.75 bits per heavy atom. The SMILES string of the molecule is CN(C(=O)OC(C)(C)C)C(CC1CCC(OCc2ccccc2)CC1)C(=O)O. The number of rotatable bonds is 7. The smallest absolute Gasteiger partial charge is 0.410 e. The molecule has 1 unspecified atom stereocenters. The van der Waals surface area contributed by atoms with Gasteiger partial charge < -0.3 is 14.6 Å². The maximum atomic E-state index is 12.2. The Bertz CT molecular complexity index is 632. The van der Waals surface area contributed by atoms with Gasteiger partial charge in [-0.2, -0.15) is 0 Å². The third-order valence-electron chi connectivity index (χ3n) is 5.11. The van der Waals surface area contributed by atoms with Crippen LogP contribution < -0.4 is 0 Å². The van der Waals surface area contributed by atoms with E-state index in [2.05, 4.69) is 12.1 Å². The zero-order chi connectivity index (χ0) is 20.7. The predicted molar refractivity (Wildman–Crippen MR) is 107 cm³/mol. The fourth-order valence-electron chi connectivity index (χ4n) is 3.52. The maximum Gasteiger partial charge on any atom is 0.410 e. The van der Waals surface area contributed by atoms with Crippen molar-refractivity contribution in [3.8, 4) is 0 Å². The van der Waals surface area contributed by atoms with Gasteiger partial charge in [-0.05, 0) is 64.4 Å². The Hall–Kier alpha value is -2.08. The molecule has 1 atom stereocenters. The van der Waals surface area contributed by atoms with Crippen molar-refractivity contribution in [2.45, 2.75) is 77.2 Å². The lowest BCUT2D eigenvalue weighted by molar-refractivity contribution is -0.143. The molecule has 28 heavy (non-hydrogen) atoms. The van der Waals surface area contributed by atoms with Crippen LogP contribution in [0.2, 0.25) is 0 Å². The number of ether oxygens (including phenoxy) is 2. The second-order valence-corrected chi connectivity index (χ2v) is 8.62. The van der Waals surface area contributed by atoms with Crippen molar-refractivity contribution in [1.29, 1.82) is 0 Å². The van der Waals surface area contributed by atoms with Crippen molar-refractivity contribution < 1.29 is 24.2 Å². The Labute approximate surface area is 167 Å². The van der Waals surface area contributed by atoms with Gasteiger partial charge in [0.1, 0.15) is 11.6 Å². The molecule has 1 saturated carbocycles. The van der Waals surface area contributed by atoms with E-state index in [0.717, 1.165) is 31.2 Å². The van der Waals surface area contributed by atoms with Crippen LogP contribution in [0.4, 0.5) is 4.79 Å². The maximum absolute atomic E-state index is 12.2. The number of carboxylic acid groups (broad SMARTS) is 1. The van der Waals surface area contributed by atoms with E-state index in [4.69, 9.17) is 9.47 Å². The lowest BCUT2D eigenvalue weighted by Crippen LogP contribution is -2.46. The largest absolute Gasteiger partial charge is 0.480 e. The minimum Gasteiger partial charge on any atom is -0.480 e. The highest BCUT2D eigenvalue weighted by molar-refractivity contribution is 5.80. The molecular formula is C22H33NO5. The zero-order valence-corrected chi connectivity index (χ0v) is 17.4. The van der Waals surface area contributed by atoms with Crippen LogP contribution in [0.5, 0.6) is 0 Å². The molecule has 1 fully saturated rings. The number of aliphatic carboxylic acids is 1. The summed E-state index contributed by atoms with van der Waals surface area (Å²) >= 11 is 0. The van der Waals surface area contributed by atoms with Crippen molar-refractivity contribution >= 4 is 12.1 Å². The number of hydrogen-bond donors (Lipinski definition) is 1. The molecule has 0 aromatic heterocycles. The number of likely N-dealkylation sites (N-methyl/N-ethyl adjacent to an activating group) is 1. The van der Waals surface area contributed by atoms with Crippen molar-refractivity contribution in [3.63, 3.8) is 0 Å². The lowest BCUT2D eigenvalue weighted by Gasteiger charge is -2.33. The van der Waals surface area contributed by atoms with Crippen molar-refractivity contribution in [3.05, 3.63) is 35.9 Å². The average Bonchev–Trinajstić information content (AvgIpc) is 2.64. The van der Waals surface area contributed by atoms with Gasteiger partial charge in [0.2, 0.25) is 0 Å². The molecule has 0 heterocycles. The summed E-state index contributed by atoms with van der Waals surface area (Å²) in [6, 6.07) is 9.22. The molecule has 1 amide bonds. The summed E-state index contributed by atoms with van der Waals surface area (Å²) in [4.78, 5) is 25.2. The summed E-state index contributed by atoms with van der Waals surface area (Å²) in [5.41, 5.74) is 0.511. The molecule has 0 radical (unpaired) electrons. The van der Waals surface area contributed by atoms with Gasteiger partial charge in [0.15, 0.2) is 0 Å². The summed E-state index contributed by atoms with van der Waals surface area (Å²) in [6.45, 7) is 5.91. The summed E-state index contributed by atoms with van der Waals surface area (Å²) in [5, 5.41) is 9.61. The molecule has 6 nitrogen and oxygen atoms in total. The van der Waals surface area contributed by atoms with Gasteiger partial charge in [-0.15, -0.1) is 0 Å². The zero-order valence-electron chi connectivity index (χ0n) is 17.4. The topological polar surface area (TPSA) is 76.1 Å². The van der Waals surface area contributed by atoms with Gasteiger partial charge >= 0.3 is 12.1 Å². The van der Waals surface area contributed by atoms with E-state index in [0.29, 0.717) is 13.0 Å². The van der Waals surface area contributed by atoms with Gasteiger partial charge in [-0.3, -0.25) is 4.90 Å². The standard InChI is InChI=1S/C22H33NO5/c1-22(2,3)28-21(26)23(4)19(20(24)25)14-16-10-12-18(13-11-16)27-15-17-8-6-5-7-9-17/h5-9,16,18-19H,10-15H2,1-4H3,(H,24,25). The summed E-state index contributed by atoms with van der Waals surface area (Å²) in [5.74, 6) is -0.724. The lowest BCUT2D eigenvalue weighted by atomic mass is 9.83. The monoisotopic (exact) mass is 391 g/mol. The molecule has 1 aliphatic rings. The minimum atomic E-state index is -0.990. The van der Waals surface area contributed by atoms with Crippen LogP contribution in [-0.2, 0) is 20.9 Å². The summed E-state index contributed by atoms with van der Waals surface area (Å²) in [7, 11) is 1.50. The normalized spacial score (nSPS) is 21.0. The second kappa shape index (κ2) is 9.92. The van der Waals surface area contributed by atoms with Crippen LogP contribution >= 0.6 is 0 Å². The second-order valence-electron chi connectivity index (χ2n) is 8.62. The molecule has 1 aromatic carbocycles. The molecule has 0 spiro atoms. The number of carbonyl (C=O) groups excluding carboxylic acids is 1. The first-order valence-electron chi connectivity index (χ1n) is 10.00. The number of hydrogen-bond acceptors (Lipinski definition) is 4. The first-order chi connectivity index (χ1) is 13.2. The van der Waals surface area contributed by atoms with Crippen molar-refractivity contribution in [2.24, 2.45) is 5.92 Å². The molecule has 1 N–H and O–H groups in total. The highest BCUT2D eigenvalue weighted by atomic mass is 16.6. The van der Waals surface area contributed by atoms with Crippen LogP contribution in [-0.4, -0.2) is 46.9 Å². The van der Waals surface area contributed by atoms with Gasteiger partial charge in [-0.1, -0.05) is 30.3 Å². The van der Waals surface area contributed by atoms with E-state index in [9.17, 15) is 14.7 Å². The highest BCUT2D eigenvalue weighted by Crippen LogP contribution is 2.31. The van der Waals surface area contributed by atoms with Crippen LogP contribution in [0.3, 0.4) is 0 Å². The minimum absolute atomic E-state index is 0.211. The predicted octanol–water partition coefficient (Wildman–Crippen LogP) is 4.47. The molecule has 0 bridgehead atoms. The summed E-state index contributed by atoms with van der Waals surface area (Å²) in [6.07, 6.45) is 3.70. The molecule has 6 heteroatoms. The quantitative estimate of drug-likeness (QED) is 0.742. The highest BCUT2D eigenvalue weighted by Gasteiger charge is 2.33. The van der Waals surface area contributed by atoms with Crippen LogP contribution in [0.15, 0.2) is 30.3 Å². The molecule has 0 aliphatic heterocycles. The van der Waals surface area contributed by atoms with E-state index >= 15 is 0 Å². The van der Waals surface area contributed by atoms with E-state index < -0.39 is 23.7 Å². The van der Waals surface area contributed by atoms with Crippen molar-refractivity contribution in [2.75, 3.05) is 7.05 Å². The fraction of sp³-hybridized carbons (Fsp3) is 0.636. The first kappa shape index (κ1) is 22.2. The molecular weight excluding hydrogens is 358 g/mol. The Kier molecular flexibility index (Phi) is 7.87.